The highest BCUT2D eigenvalue weighted by atomic mass is 32.2. The highest BCUT2D eigenvalue weighted by Crippen LogP contribution is 2.36. The standard InChI is InChI=1S/C16H22N4O3S/c1-24(22,23)11-4-2-10(3-5-11)16(21)20-9-13-12-6-7-17-15(12)18-8-14(13)19-20/h6-8,10-11,16,19,21H,2-5,9H2,1H3,(H,17,18). The van der Waals surface area contributed by atoms with Gasteiger partial charge in [-0.2, -0.15) is 5.01 Å². The zero-order valence-electron chi connectivity index (χ0n) is 13.6. The van der Waals surface area contributed by atoms with E-state index in [1.807, 2.05) is 17.3 Å². The molecule has 24 heavy (non-hydrogen) atoms. The molecule has 2 aromatic heterocycles. The number of pyridine rings is 1. The molecule has 1 aliphatic carbocycles. The SMILES string of the molecule is CS(=O)(=O)C1CCC(C(O)N2Cc3c(cnc4[nH]ccc34)N2)CC1. The van der Waals surface area contributed by atoms with Gasteiger partial charge in [-0.15, -0.1) is 0 Å². The predicted octanol–water partition coefficient (Wildman–Crippen LogP) is 1.63. The fourth-order valence-electron chi connectivity index (χ4n) is 3.92. The molecular weight excluding hydrogens is 328 g/mol. The third-order valence-corrected chi connectivity index (χ3v) is 7.04. The van der Waals surface area contributed by atoms with Crippen LogP contribution in [0.4, 0.5) is 5.69 Å². The number of aromatic amines is 1. The topological polar surface area (TPSA) is 98.3 Å². The normalized spacial score (nSPS) is 26.2. The van der Waals surface area contributed by atoms with Gasteiger partial charge in [-0.05, 0) is 31.7 Å². The number of nitrogens with one attached hydrogen (secondary N) is 2. The molecule has 2 aromatic rings. The van der Waals surface area contributed by atoms with E-state index in [9.17, 15) is 13.5 Å². The number of sulfone groups is 1. The summed E-state index contributed by atoms with van der Waals surface area (Å²) in [5.41, 5.74) is 6.14. The second-order valence-corrected chi connectivity index (χ2v) is 9.24. The zero-order chi connectivity index (χ0) is 16.9. The lowest BCUT2D eigenvalue weighted by atomic mass is 9.87. The van der Waals surface area contributed by atoms with E-state index in [1.54, 1.807) is 6.20 Å². The van der Waals surface area contributed by atoms with Gasteiger partial charge in [0.2, 0.25) is 0 Å². The number of aliphatic hydroxyl groups excluding tert-OH is 1. The van der Waals surface area contributed by atoms with Crippen molar-refractivity contribution in [2.45, 2.75) is 43.7 Å². The lowest BCUT2D eigenvalue weighted by molar-refractivity contribution is -0.0366. The molecule has 7 nitrogen and oxygen atoms in total. The number of hydrazine groups is 1. The Bertz CT molecular complexity index is 855. The molecule has 3 N–H and O–H groups in total. The maximum Gasteiger partial charge on any atom is 0.150 e. The molecule has 0 aromatic carbocycles. The monoisotopic (exact) mass is 350 g/mol. The van der Waals surface area contributed by atoms with Crippen LogP contribution in [0.1, 0.15) is 31.2 Å². The first kappa shape index (κ1) is 15.9. The largest absolute Gasteiger partial charge is 0.376 e. The Morgan fingerprint density at radius 2 is 2.08 bits per heavy atom. The van der Waals surface area contributed by atoms with E-state index < -0.39 is 16.1 Å². The van der Waals surface area contributed by atoms with Gasteiger partial charge < -0.3 is 15.5 Å². The second-order valence-electron chi connectivity index (χ2n) is 6.91. The van der Waals surface area contributed by atoms with Gasteiger partial charge >= 0.3 is 0 Å². The highest BCUT2D eigenvalue weighted by Gasteiger charge is 2.35. The van der Waals surface area contributed by atoms with Crippen LogP contribution in [0.3, 0.4) is 0 Å². The Kier molecular flexibility index (Phi) is 3.78. The minimum Gasteiger partial charge on any atom is -0.376 e. The van der Waals surface area contributed by atoms with Gasteiger partial charge in [0.05, 0.1) is 17.1 Å². The van der Waals surface area contributed by atoms with E-state index in [1.165, 1.54) is 6.26 Å². The average Bonchev–Trinajstić information content (AvgIpc) is 3.19. The lowest BCUT2D eigenvalue weighted by Crippen LogP contribution is -2.43. The average molecular weight is 350 g/mol. The van der Waals surface area contributed by atoms with Gasteiger partial charge in [0, 0.05) is 35.9 Å². The molecule has 1 aliphatic heterocycles. The van der Waals surface area contributed by atoms with Crippen LogP contribution in [-0.4, -0.2) is 46.2 Å². The molecule has 1 saturated carbocycles. The third-order valence-electron chi connectivity index (χ3n) is 5.36. The predicted molar refractivity (Wildman–Crippen MR) is 91.9 cm³/mol. The van der Waals surface area contributed by atoms with E-state index in [0.29, 0.717) is 19.4 Å². The number of aromatic nitrogens is 2. The minimum atomic E-state index is -2.98. The van der Waals surface area contributed by atoms with Crippen LogP contribution < -0.4 is 5.43 Å². The van der Waals surface area contributed by atoms with Crippen LogP contribution >= 0.6 is 0 Å². The van der Waals surface area contributed by atoms with E-state index >= 15 is 0 Å². The van der Waals surface area contributed by atoms with Crippen molar-refractivity contribution in [2.24, 2.45) is 5.92 Å². The van der Waals surface area contributed by atoms with Crippen LogP contribution in [-0.2, 0) is 16.4 Å². The van der Waals surface area contributed by atoms with Crippen molar-refractivity contribution in [3.63, 3.8) is 0 Å². The quantitative estimate of drug-likeness (QED) is 0.778. The molecule has 0 spiro atoms. The number of hydrogen-bond donors (Lipinski definition) is 3. The lowest BCUT2D eigenvalue weighted by Gasteiger charge is -2.34. The second kappa shape index (κ2) is 5.72. The van der Waals surface area contributed by atoms with Crippen molar-refractivity contribution < 1.29 is 13.5 Å². The minimum absolute atomic E-state index is 0.0829. The zero-order valence-corrected chi connectivity index (χ0v) is 14.4. The van der Waals surface area contributed by atoms with Crippen molar-refractivity contribution in [3.8, 4) is 0 Å². The van der Waals surface area contributed by atoms with E-state index in [0.717, 1.165) is 35.1 Å². The van der Waals surface area contributed by atoms with Gasteiger partial charge in [-0.3, -0.25) is 0 Å². The number of anilines is 1. The Balaban J connectivity index is 1.46. The van der Waals surface area contributed by atoms with Crippen LogP contribution in [0.25, 0.3) is 11.0 Å². The van der Waals surface area contributed by atoms with E-state index in [-0.39, 0.29) is 11.2 Å². The number of H-pyrrole nitrogens is 1. The van der Waals surface area contributed by atoms with Crippen molar-refractivity contribution in [2.75, 3.05) is 11.7 Å². The van der Waals surface area contributed by atoms with Crippen LogP contribution in [0.5, 0.6) is 0 Å². The number of nitrogens with zero attached hydrogens (tertiary/aromatic N) is 2. The summed E-state index contributed by atoms with van der Waals surface area (Å²) in [6, 6.07) is 2.00. The number of aliphatic hydroxyl groups is 1. The molecule has 2 aliphatic rings. The first-order valence-electron chi connectivity index (χ1n) is 8.28. The van der Waals surface area contributed by atoms with Crippen molar-refractivity contribution in [1.29, 1.82) is 0 Å². The molecule has 4 rings (SSSR count). The van der Waals surface area contributed by atoms with Crippen LogP contribution in [0.2, 0.25) is 0 Å². The summed E-state index contributed by atoms with van der Waals surface area (Å²) in [6.45, 7) is 0.610. The van der Waals surface area contributed by atoms with Crippen molar-refractivity contribution >= 4 is 26.6 Å². The van der Waals surface area contributed by atoms with Crippen molar-refractivity contribution in [1.82, 2.24) is 15.0 Å². The molecule has 0 amide bonds. The Morgan fingerprint density at radius 1 is 1.33 bits per heavy atom. The van der Waals surface area contributed by atoms with Gasteiger partial charge in [0.1, 0.15) is 21.7 Å². The summed E-state index contributed by atoms with van der Waals surface area (Å²) >= 11 is 0. The maximum absolute atomic E-state index is 11.7. The molecule has 3 heterocycles. The fraction of sp³-hybridized carbons (Fsp3) is 0.562. The summed E-state index contributed by atoms with van der Waals surface area (Å²) in [7, 11) is -2.98. The molecule has 130 valence electrons. The molecule has 1 unspecified atom stereocenters. The summed E-state index contributed by atoms with van der Waals surface area (Å²) in [6.07, 6.45) is 7.03. The summed E-state index contributed by atoms with van der Waals surface area (Å²) in [5.74, 6) is 0.0829. The third kappa shape index (κ3) is 2.68. The fourth-order valence-corrected chi connectivity index (χ4v) is 5.05. The smallest absolute Gasteiger partial charge is 0.150 e. The Hall–Kier alpha value is -1.64. The summed E-state index contributed by atoms with van der Waals surface area (Å²) in [4.78, 5) is 7.46. The molecule has 1 atom stereocenters. The van der Waals surface area contributed by atoms with E-state index in [2.05, 4.69) is 15.4 Å². The van der Waals surface area contributed by atoms with Crippen molar-refractivity contribution in [3.05, 3.63) is 24.0 Å². The Morgan fingerprint density at radius 3 is 2.79 bits per heavy atom. The summed E-state index contributed by atoms with van der Waals surface area (Å²) in [5, 5.41) is 13.4. The summed E-state index contributed by atoms with van der Waals surface area (Å²) < 4.78 is 23.3. The first-order chi connectivity index (χ1) is 11.4. The number of fused-ring (bicyclic) bond motifs is 3. The van der Waals surface area contributed by atoms with Crippen LogP contribution in [0, 0.1) is 5.92 Å². The molecular formula is C16H22N4O3S. The first-order valence-corrected chi connectivity index (χ1v) is 10.2. The number of hydrogen-bond acceptors (Lipinski definition) is 6. The van der Waals surface area contributed by atoms with Gasteiger partial charge in [0.25, 0.3) is 0 Å². The molecule has 0 bridgehead atoms. The molecule has 8 heteroatoms. The van der Waals surface area contributed by atoms with Crippen LogP contribution in [0.15, 0.2) is 18.5 Å². The Labute approximate surface area is 141 Å². The molecule has 0 saturated heterocycles. The van der Waals surface area contributed by atoms with E-state index in [4.69, 9.17) is 0 Å². The molecule has 1 fully saturated rings. The van der Waals surface area contributed by atoms with Gasteiger partial charge in [-0.1, -0.05) is 0 Å². The molecule has 0 radical (unpaired) electrons. The van der Waals surface area contributed by atoms with Gasteiger partial charge in [-0.25, -0.2) is 13.4 Å². The highest BCUT2D eigenvalue weighted by molar-refractivity contribution is 7.91. The maximum atomic E-state index is 11.7. The van der Waals surface area contributed by atoms with Gasteiger partial charge in [0.15, 0.2) is 0 Å². The number of rotatable bonds is 3.